The summed E-state index contributed by atoms with van der Waals surface area (Å²) >= 11 is 1.86. The average Bonchev–Trinajstić information content (AvgIpc) is 2.93. The van der Waals surface area contributed by atoms with E-state index in [4.69, 9.17) is 4.74 Å². The quantitative estimate of drug-likeness (QED) is 0.903. The molecule has 1 aromatic rings. The number of fused-ring (bicyclic) bond motifs is 2. The van der Waals surface area contributed by atoms with E-state index in [1.54, 1.807) is 0 Å². The Morgan fingerprint density at radius 2 is 2.39 bits per heavy atom. The summed E-state index contributed by atoms with van der Waals surface area (Å²) in [6.07, 6.45) is 6.00. The van der Waals surface area contributed by atoms with Crippen molar-refractivity contribution in [3.63, 3.8) is 0 Å². The van der Waals surface area contributed by atoms with Gasteiger partial charge in [0.1, 0.15) is 0 Å². The van der Waals surface area contributed by atoms with Gasteiger partial charge in [-0.2, -0.15) is 0 Å². The Bertz CT molecular complexity index is 426. The highest BCUT2D eigenvalue weighted by atomic mass is 32.1. The van der Waals surface area contributed by atoms with E-state index in [1.165, 1.54) is 30.6 Å². The van der Waals surface area contributed by atoms with Crippen molar-refractivity contribution < 1.29 is 4.74 Å². The predicted molar refractivity (Wildman–Crippen MR) is 73.8 cm³/mol. The van der Waals surface area contributed by atoms with Gasteiger partial charge in [0.05, 0.1) is 6.10 Å². The molecule has 4 atom stereocenters. The van der Waals surface area contributed by atoms with Gasteiger partial charge in [-0.25, -0.2) is 0 Å². The Morgan fingerprint density at radius 1 is 1.50 bits per heavy atom. The number of rotatable bonds is 3. The topological polar surface area (TPSA) is 21.3 Å². The van der Waals surface area contributed by atoms with Crippen molar-refractivity contribution in [3.8, 4) is 0 Å². The molecule has 0 radical (unpaired) electrons. The van der Waals surface area contributed by atoms with Crippen molar-refractivity contribution in [1.29, 1.82) is 0 Å². The minimum Gasteiger partial charge on any atom is -0.377 e. The van der Waals surface area contributed by atoms with Crippen LogP contribution in [-0.2, 0) is 4.74 Å². The molecule has 1 aliphatic heterocycles. The van der Waals surface area contributed by atoms with E-state index in [1.807, 2.05) is 11.3 Å². The van der Waals surface area contributed by atoms with Crippen LogP contribution in [0.15, 0.2) is 17.5 Å². The van der Waals surface area contributed by atoms with Crippen LogP contribution in [0.5, 0.6) is 0 Å². The van der Waals surface area contributed by atoms with Gasteiger partial charge in [-0.1, -0.05) is 12.5 Å². The lowest BCUT2D eigenvalue weighted by atomic mass is 9.46. The summed E-state index contributed by atoms with van der Waals surface area (Å²) in [6.45, 7) is 3.30. The number of nitrogens with one attached hydrogen (secondary N) is 1. The summed E-state index contributed by atoms with van der Waals surface area (Å²) in [4.78, 5) is 1.46. The molecule has 2 nitrogen and oxygen atoms in total. The van der Waals surface area contributed by atoms with Crippen LogP contribution in [0.1, 0.15) is 43.5 Å². The molecule has 98 valence electrons. The minimum atomic E-state index is 0.494. The maximum atomic E-state index is 5.97. The molecule has 1 aromatic heterocycles. The molecule has 3 heteroatoms. The molecule has 2 saturated carbocycles. The van der Waals surface area contributed by atoms with Crippen molar-refractivity contribution in [3.05, 3.63) is 22.4 Å². The molecule has 1 saturated heterocycles. The number of ether oxygens (including phenoxy) is 1. The summed E-state index contributed by atoms with van der Waals surface area (Å²) < 4.78 is 5.97. The Hall–Kier alpha value is -0.380. The summed E-state index contributed by atoms with van der Waals surface area (Å²) in [6, 6.07) is 5.60. The van der Waals surface area contributed by atoms with E-state index in [-0.39, 0.29) is 0 Å². The molecule has 0 bridgehead atoms. The molecule has 0 unspecified atom stereocenters. The summed E-state index contributed by atoms with van der Waals surface area (Å²) in [5, 5.41) is 6.09. The largest absolute Gasteiger partial charge is 0.377 e. The van der Waals surface area contributed by atoms with Crippen LogP contribution in [0.3, 0.4) is 0 Å². The van der Waals surface area contributed by atoms with E-state index in [0.717, 1.165) is 12.5 Å². The van der Waals surface area contributed by atoms with Crippen LogP contribution in [-0.4, -0.2) is 18.8 Å². The molecule has 0 aromatic carbocycles. The second-order valence-electron chi connectivity index (χ2n) is 6.21. The van der Waals surface area contributed by atoms with Crippen LogP contribution < -0.4 is 5.32 Å². The molecule has 0 amide bonds. The van der Waals surface area contributed by atoms with Crippen molar-refractivity contribution >= 4 is 11.3 Å². The molecule has 3 fully saturated rings. The summed E-state index contributed by atoms with van der Waals surface area (Å²) in [7, 11) is 0. The fourth-order valence-electron chi connectivity index (χ4n) is 4.38. The Labute approximate surface area is 113 Å². The third kappa shape index (κ3) is 1.41. The molecule has 4 rings (SSSR count). The third-order valence-corrected chi connectivity index (χ3v) is 6.49. The molecule has 2 heterocycles. The zero-order chi connectivity index (χ0) is 12.2. The molecular weight excluding hydrogens is 242 g/mol. The van der Waals surface area contributed by atoms with Crippen molar-refractivity contribution in [2.45, 2.75) is 50.8 Å². The Kier molecular flexibility index (Phi) is 2.58. The normalized spacial score (nSPS) is 37.9. The SMILES string of the molecule is C[C@H](N[C@@H]1[C@H]2CCO[C@@H]2C12CCC2)c1cccs1. The zero-order valence-corrected chi connectivity index (χ0v) is 11.7. The van der Waals surface area contributed by atoms with Crippen LogP contribution >= 0.6 is 11.3 Å². The van der Waals surface area contributed by atoms with Crippen LogP contribution in [0.25, 0.3) is 0 Å². The molecule has 2 aliphatic carbocycles. The number of hydrogen-bond acceptors (Lipinski definition) is 3. The fraction of sp³-hybridized carbons (Fsp3) is 0.733. The van der Waals surface area contributed by atoms with E-state index in [2.05, 4.69) is 29.8 Å². The van der Waals surface area contributed by atoms with Gasteiger partial charge in [0.15, 0.2) is 0 Å². The van der Waals surface area contributed by atoms with Gasteiger partial charge in [-0.05, 0) is 37.6 Å². The standard InChI is InChI=1S/C15H21NOS/c1-10(12-4-2-9-18-12)16-13-11-5-8-17-14(11)15(13)6-3-7-15/h2,4,9-11,13-14,16H,3,5-8H2,1H3/t10-,11+,13+,14-/m0/s1. The lowest BCUT2D eigenvalue weighted by Crippen LogP contribution is -2.71. The van der Waals surface area contributed by atoms with Crippen molar-refractivity contribution in [2.75, 3.05) is 6.61 Å². The highest BCUT2D eigenvalue weighted by Gasteiger charge is 2.66. The van der Waals surface area contributed by atoms with Crippen molar-refractivity contribution in [2.24, 2.45) is 11.3 Å². The monoisotopic (exact) mass is 263 g/mol. The lowest BCUT2D eigenvalue weighted by molar-refractivity contribution is -0.178. The first kappa shape index (κ1) is 11.4. The van der Waals surface area contributed by atoms with Crippen LogP contribution in [0.2, 0.25) is 0 Å². The van der Waals surface area contributed by atoms with E-state index in [0.29, 0.717) is 23.6 Å². The van der Waals surface area contributed by atoms with Crippen LogP contribution in [0.4, 0.5) is 0 Å². The van der Waals surface area contributed by atoms with Gasteiger partial charge in [-0.3, -0.25) is 0 Å². The van der Waals surface area contributed by atoms with Crippen molar-refractivity contribution in [1.82, 2.24) is 5.32 Å². The maximum absolute atomic E-state index is 5.97. The van der Waals surface area contributed by atoms with E-state index < -0.39 is 0 Å². The predicted octanol–water partition coefficient (Wildman–Crippen LogP) is 3.36. The summed E-state index contributed by atoms with van der Waals surface area (Å²) in [5.74, 6) is 0.785. The molecule has 18 heavy (non-hydrogen) atoms. The first-order valence-electron chi connectivity index (χ1n) is 7.22. The highest BCUT2D eigenvalue weighted by Crippen LogP contribution is 2.63. The van der Waals surface area contributed by atoms with Gasteiger partial charge in [-0.15, -0.1) is 11.3 Å². The Morgan fingerprint density at radius 3 is 3.06 bits per heavy atom. The van der Waals surface area contributed by atoms with Crippen LogP contribution in [0, 0.1) is 11.3 Å². The smallest absolute Gasteiger partial charge is 0.0690 e. The maximum Gasteiger partial charge on any atom is 0.0690 e. The molecule has 1 N–H and O–H groups in total. The second-order valence-corrected chi connectivity index (χ2v) is 7.19. The van der Waals surface area contributed by atoms with Gasteiger partial charge in [0.2, 0.25) is 0 Å². The molecule has 3 aliphatic rings. The molecular formula is C15H21NOS. The van der Waals surface area contributed by atoms with E-state index in [9.17, 15) is 0 Å². The number of thiophene rings is 1. The van der Waals surface area contributed by atoms with Gasteiger partial charge in [0.25, 0.3) is 0 Å². The lowest BCUT2D eigenvalue weighted by Gasteiger charge is -2.64. The second kappa shape index (κ2) is 4.06. The van der Waals surface area contributed by atoms with Gasteiger partial charge < -0.3 is 10.1 Å². The zero-order valence-electron chi connectivity index (χ0n) is 10.9. The fourth-order valence-corrected chi connectivity index (χ4v) is 5.13. The van der Waals surface area contributed by atoms with Gasteiger partial charge in [0, 0.05) is 34.9 Å². The van der Waals surface area contributed by atoms with Gasteiger partial charge >= 0.3 is 0 Å². The average molecular weight is 263 g/mol. The number of hydrogen-bond donors (Lipinski definition) is 1. The highest BCUT2D eigenvalue weighted by molar-refractivity contribution is 7.10. The summed E-state index contributed by atoms with van der Waals surface area (Å²) in [5.41, 5.74) is 0.507. The Balaban J connectivity index is 1.51. The molecule has 1 spiro atoms. The minimum absolute atomic E-state index is 0.494. The third-order valence-electron chi connectivity index (χ3n) is 5.44. The van der Waals surface area contributed by atoms with E-state index >= 15 is 0 Å². The first-order valence-corrected chi connectivity index (χ1v) is 8.10. The first-order chi connectivity index (χ1) is 8.81.